The summed E-state index contributed by atoms with van der Waals surface area (Å²) in [6.07, 6.45) is 0.724. The van der Waals surface area contributed by atoms with E-state index >= 15 is 0 Å². The number of nitrogens with zero attached hydrogens (tertiary/aromatic N) is 2. The van der Waals surface area contributed by atoms with Crippen LogP contribution in [-0.2, 0) is 13.0 Å². The molecule has 4 rings (SSSR count). The third-order valence-electron chi connectivity index (χ3n) is 4.64. The van der Waals surface area contributed by atoms with Crippen LogP contribution in [0, 0.1) is 5.82 Å². The number of nitrogen functional groups attached to an aromatic ring is 1. The Bertz CT molecular complexity index is 875. The molecule has 1 aromatic heterocycles. The molecular formula is C20H19FN4. The van der Waals surface area contributed by atoms with Crippen molar-refractivity contribution in [3.05, 3.63) is 88.4 Å². The average molecular weight is 334 g/mol. The van der Waals surface area contributed by atoms with Gasteiger partial charge in [-0.3, -0.25) is 0 Å². The Labute approximate surface area is 145 Å². The number of benzene rings is 2. The monoisotopic (exact) mass is 334 g/mol. The highest BCUT2D eigenvalue weighted by Crippen LogP contribution is 2.31. The lowest BCUT2D eigenvalue weighted by Gasteiger charge is -2.27. The van der Waals surface area contributed by atoms with Gasteiger partial charge in [0.25, 0.3) is 0 Å². The van der Waals surface area contributed by atoms with Crippen molar-refractivity contribution in [2.75, 3.05) is 12.3 Å². The molecule has 25 heavy (non-hydrogen) atoms. The van der Waals surface area contributed by atoms with Crippen molar-refractivity contribution in [2.24, 2.45) is 0 Å². The van der Waals surface area contributed by atoms with Crippen LogP contribution in [0.25, 0.3) is 0 Å². The predicted octanol–water partition coefficient (Wildman–Crippen LogP) is 3.02. The zero-order chi connectivity index (χ0) is 17.2. The van der Waals surface area contributed by atoms with Crippen LogP contribution < -0.4 is 11.1 Å². The Morgan fingerprint density at radius 2 is 1.88 bits per heavy atom. The fourth-order valence-electron chi connectivity index (χ4n) is 3.39. The van der Waals surface area contributed by atoms with Crippen LogP contribution in [0.5, 0.6) is 0 Å². The van der Waals surface area contributed by atoms with Crippen LogP contribution in [0.4, 0.5) is 10.2 Å². The summed E-state index contributed by atoms with van der Waals surface area (Å²) in [5.41, 5.74) is 11.4. The second-order valence-corrected chi connectivity index (χ2v) is 6.39. The summed E-state index contributed by atoms with van der Waals surface area (Å²) < 4.78 is 13.2. The molecule has 0 bridgehead atoms. The number of nitrogens with two attached hydrogens (primary N) is 1. The van der Waals surface area contributed by atoms with Gasteiger partial charge in [-0.1, -0.05) is 30.3 Å². The Kier molecular flexibility index (Phi) is 4.15. The fourth-order valence-corrected chi connectivity index (χ4v) is 3.39. The van der Waals surface area contributed by atoms with E-state index in [2.05, 4.69) is 33.7 Å². The molecule has 0 spiro atoms. The first-order chi connectivity index (χ1) is 12.2. The first-order valence-electron chi connectivity index (χ1n) is 8.35. The molecule has 0 saturated carbocycles. The highest BCUT2D eigenvalue weighted by atomic mass is 19.1. The van der Waals surface area contributed by atoms with Crippen molar-refractivity contribution in [3.8, 4) is 0 Å². The molecule has 2 heterocycles. The SMILES string of the molecule is Nc1ccc(Cc2ccc3c(c2)CNCC3c2ccc(F)cc2)nn1. The van der Waals surface area contributed by atoms with Gasteiger partial charge in [-0.25, -0.2) is 4.39 Å². The minimum atomic E-state index is -0.201. The van der Waals surface area contributed by atoms with Gasteiger partial charge in [0, 0.05) is 25.4 Å². The van der Waals surface area contributed by atoms with E-state index in [0.29, 0.717) is 5.82 Å². The molecule has 1 atom stereocenters. The van der Waals surface area contributed by atoms with E-state index < -0.39 is 0 Å². The minimum absolute atomic E-state index is 0.201. The number of aromatic nitrogens is 2. The zero-order valence-electron chi connectivity index (χ0n) is 13.7. The van der Waals surface area contributed by atoms with E-state index in [0.717, 1.165) is 30.8 Å². The van der Waals surface area contributed by atoms with Crippen LogP contribution in [0.2, 0.25) is 0 Å². The number of anilines is 1. The number of nitrogens with one attached hydrogen (secondary N) is 1. The maximum absolute atomic E-state index is 13.2. The van der Waals surface area contributed by atoms with Gasteiger partial charge < -0.3 is 11.1 Å². The second-order valence-electron chi connectivity index (χ2n) is 6.39. The molecule has 1 aliphatic rings. The maximum atomic E-state index is 13.2. The largest absolute Gasteiger partial charge is 0.382 e. The summed E-state index contributed by atoms with van der Waals surface area (Å²) in [7, 11) is 0. The number of halogens is 1. The molecule has 3 N–H and O–H groups in total. The highest BCUT2D eigenvalue weighted by Gasteiger charge is 2.21. The Hall–Kier alpha value is -2.79. The molecule has 0 saturated heterocycles. The van der Waals surface area contributed by atoms with Gasteiger partial charge in [-0.2, -0.15) is 5.10 Å². The third-order valence-corrected chi connectivity index (χ3v) is 4.64. The number of hydrogen-bond acceptors (Lipinski definition) is 4. The second kappa shape index (κ2) is 6.61. The summed E-state index contributed by atoms with van der Waals surface area (Å²) in [6, 6.07) is 17.0. The summed E-state index contributed by atoms with van der Waals surface area (Å²) >= 11 is 0. The molecular weight excluding hydrogens is 315 g/mol. The molecule has 1 aliphatic heterocycles. The van der Waals surface area contributed by atoms with Gasteiger partial charge in [0.1, 0.15) is 11.6 Å². The van der Waals surface area contributed by atoms with E-state index in [1.165, 1.54) is 28.8 Å². The number of rotatable bonds is 3. The number of fused-ring (bicyclic) bond motifs is 1. The third kappa shape index (κ3) is 3.37. The van der Waals surface area contributed by atoms with E-state index in [1.54, 1.807) is 6.07 Å². The summed E-state index contributed by atoms with van der Waals surface area (Å²) in [5.74, 6) is 0.475. The van der Waals surface area contributed by atoms with Crippen molar-refractivity contribution in [1.29, 1.82) is 0 Å². The van der Waals surface area contributed by atoms with Crippen LogP contribution in [-0.4, -0.2) is 16.7 Å². The fraction of sp³-hybridized carbons (Fsp3) is 0.200. The molecule has 1 unspecified atom stereocenters. The molecule has 0 amide bonds. The van der Waals surface area contributed by atoms with E-state index in [4.69, 9.17) is 5.73 Å². The summed E-state index contributed by atoms with van der Waals surface area (Å²) in [6.45, 7) is 1.70. The van der Waals surface area contributed by atoms with Crippen molar-refractivity contribution >= 4 is 5.82 Å². The van der Waals surface area contributed by atoms with Gasteiger partial charge in [0.05, 0.1) is 5.69 Å². The zero-order valence-corrected chi connectivity index (χ0v) is 13.7. The van der Waals surface area contributed by atoms with Gasteiger partial charge >= 0.3 is 0 Å². The maximum Gasteiger partial charge on any atom is 0.146 e. The van der Waals surface area contributed by atoms with Gasteiger partial charge in [0.15, 0.2) is 0 Å². The smallest absolute Gasteiger partial charge is 0.146 e. The molecule has 2 aromatic carbocycles. The summed E-state index contributed by atoms with van der Waals surface area (Å²) in [4.78, 5) is 0. The van der Waals surface area contributed by atoms with Crippen molar-refractivity contribution in [1.82, 2.24) is 15.5 Å². The van der Waals surface area contributed by atoms with Crippen LogP contribution >= 0.6 is 0 Å². The lowest BCUT2D eigenvalue weighted by molar-refractivity contribution is 0.587. The molecule has 3 aromatic rings. The van der Waals surface area contributed by atoms with E-state index in [-0.39, 0.29) is 11.7 Å². The Morgan fingerprint density at radius 3 is 2.64 bits per heavy atom. The first kappa shape index (κ1) is 15.7. The lowest BCUT2D eigenvalue weighted by Crippen LogP contribution is -2.29. The van der Waals surface area contributed by atoms with E-state index in [9.17, 15) is 4.39 Å². The molecule has 0 fully saturated rings. The molecule has 126 valence electrons. The van der Waals surface area contributed by atoms with Crippen molar-refractivity contribution < 1.29 is 4.39 Å². The van der Waals surface area contributed by atoms with Crippen LogP contribution in [0.3, 0.4) is 0 Å². The molecule has 5 heteroatoms. The Morgan fingerprint density at radius 1 is 1.04 bits per heavy atom. The van der Waals surface area contributed by atoms with Gasteiger partial charge in [0.2, 0.25) is 0 Å². The minimum Gasteiger partial charge on any atom is -0.382 e. The highest BCUT2D eigenvalue weighted by molar-refractivity contribution is 5.43. The molecule has 0 aliphatic carbocycles. The molecule has 4 nitrogen and oxygen atoms in total. The van der Waals surface area contributed by atoms with E-state index in [1.807, 2.05) is 18.2 Å². The predicted molar refractivity (Wildman–Crippen MR) is 95.6 cm³/mol. The topological polar surface area (TPSA) is 63.8 Å². The molecule has 0 radical (unpaired) electrons. The quantitative estimate of drug-likeness (QED) is 0.773. The Balaban J connectivity index is 1.61. The van der Waals surface area contributed by atoms with Crippen LogP contribution in [0.1, 0.15) is 33.9 Å². The van der Waals surface area contributed by atoms with Crippen LogP contribution in [0.15, 0.2) is 54.6 Å². The van der Waals surface area contributed by atoms with Gasteiger partial charge in [-0.05, 0) is 46.5 Å². The summed E-state index contributed by atoms with van der Waals surface area (Å²) in [5, 5.41) is 11.5. The number of hydrogen-bond donors (Lipinski definition) is 2. The lowest BCUT2D eigenvalue weighted by atomic mass is 9.84. The normalized spacial score (nSPS) is 16.4. The average Bonchev–Trinajstić information content (AvgIpc) is 2.64. The standard InChI is InChI=1S/C20H19FN4/c21-16-4-2-14(3-5-16)19-12-23-11-15-9-13(1-7-18(15)19)10-17-6-8-20(22)25-24-17/h1-9,19,23H,10-12H2,(H2,22,25). The van der Waals surface area contributed by atoms with Gasteiger partial charge in [-0.15, -0.1) is 5.10 Å². The van der Waals surface area contributed by atoms with Crippen molar-refractivity contribution in [2.45, 2.75) is 18.9 Å². The first-order valence-corrected chi connectivity index (χ1v) is 8.35. The van der Waals surface area contributed by atoms with Crippen molar-refractivity contribution in [3.63, 3.8) is 0 Å².